The van der Waals surface area contributed by atoms with Crippen molar-refractivity contribution < 1.29 is 9.00 Å². The molecule has 14 heavy (non-hydrogen) atoms. The Hall–Kier alpha value is -0.640. The van der Waals surface area contributed by atoms with Crippen LogP contribution in [0.5, 0.6) is 0 Å². The zero-order valence-electron chi connectivity index (χ0n) is 8.71. The molecule has 1 N–H and O–H groups in total. The Morgan fingerprint density at radius 1 is 1.36 bits per heavy atom. The molecule has 80 valence electrons. The van der Waals surface area contributed by atoms with Crippen molar-refractivity contribution in [1.82, 2.24) is 5.32 Å². The molecule has 1 saturated heterocycles. The molecule has 3 nitrogen and oxygen atoms in total. The largest absolute Gasteiger partial charge is 0.350 e. The second-order valence-electron chi connectivity index (χ2n) is 3.85. The molecule has 0 radical (unpaired) electrons. The van der Waals surface area contributed by atoms with E-state index in [0.29, 0.717) is 0 Å². The maximum atomic E-state index is 11.3. The van der Waals surface area contributed by atoms with Gasteiger partial charge in [-0.25, -0.2) is 0 Å². The van der Waals surface area contributed by atoms with Crippen molar-refractivity contribution in [1.29, 1.82) is 0 Å². The van der Waals surface area contributed by atoms with E-state index in [1.807, 2.05) is 13.8 Å². The van der Waals surface area contributed by atoms with Gasteiger partial charge in [0.15, 0.2) is 0 Å². The molecule has 1 heterocycles. The first-order valence-electron chi connectivity index (χ1n) is 4.88. The summed E-state index contributed by atoms with van der Waals surface area (Å²) in [5.74, 6) is 1.42. The number of carbonyl (C=O) groups is 1. The fourth-order valence-corrected chi connectivity index (χ4v) is 2.74. The second-order valence-corrected chi connectivity index (χ2v) is 5.55. The lowest BCUT2D eigenvalue weighted by Gasteiger charge is -2.21. The highest BCUT2D eigenvalue weighted by Crippen LogP contribution is 2.08. The highest BCUT2D eigenvalue weighted by atomic mass is 32.2. The Kier molecular flexibility index (Phi) is 4.32. The van der Waals surface area contributed by atoms with Gasteiger partial charge in [-0.05, 0) is 26.7 Å². The molecule has 0 aromatic carbocycles. The van der Waals surface area contributed by atoms with Crippen LogP contribution in [0.3, 0.4) is 0 Å². The zero-order valence-corrected chi connectivity index (χ0v) is 9.52. The van der Waals surface area contributed by atoms with Crippen LogP contribution in [0.25, 0.3) is 0 Å². The lowest BCUT2D eigenvalue weighted by atomic mass is 10.1. The molecule has 0 aliphatic carbocycles. The van der Waals surface area contributed by atoms with E-state index in [-0.39, 0.29) is 11.9 Å². The standard InChI is InChI=1S/C10H17NO2S/c1-8(2)7-10(12)11-9-3-5-14(13)6-4-9/h7,9H,3-6H2,1-2H3,(H,11,12). The topological polar surface area (TPSA) is 46.2 Å². The first kappa shape index (κ1) is 11.4. The van der Waals surface area contributed by atoms with Gasteiger partial charge in [-0.1, -0.05) is 5.57 Å². The van der Waals surface area contributed by atoms with Gasteiger partial charge in [0.1, 0.15) is 0 Å². The van der Waals surface area contributed by atoms with E-state index in [0.717, 1.165) is 29.9 Å². The minimum absolute atomic E-state index is 0.0253. The maximum absolute atomic E-state index is 11.3. The van der Waals surface area contributed by atoms with Crippen molar-refractivity contribution in [3.05, 3.63) is 11.6 Å². The third-order valence-electron chi connectivity index (χ3n) is 2.15. The van der Waals surface area contributed by atoms with E-state index >= 15 is 0 Å². The summed E-state index contributed by atoms with van der Waals surface area (Å²) in [6, 6.07) is 0.218. The molecule has 0 saturated carbocycles. The number of amides is 1. The van der Waals surface area contributed by atoms with Crippen molar-refractivity contribution in [2.24, 2.45) is 0 Å². The predicted octanol–water partition coefficient (Wildman–Crippen LogP) is 0.980. The summed E-state index contributed by atoms with van der Waals surface area (Å²) < 4.78 is 11.1. The fourth-order valence-electron chi connectivity index (χ4n) is 1.44. The molecule has 1 aliphatic rings. The number of allylic oxidation sites excluding steroid dienone is 1. The second kappa shape index (κ2) is 5.29. The Morgan fingerprint density at radius 3 is 2.43 bits per heavy atom. The molecule has 0 bridgehead atoms. The summed E-state index contributed by atoms with van der Waals surface area (Å²) in [6.07, 6.45) is 3.29. The summed E-state index contributed by atoms with van der Waals surface area (Å²) in [6.45, 7) is 3.80. The third-order valence-corrected chi connectivity index (χ3v) is 3.54. The van der Waals surface area contributed by atoms with Gasteiger partial charge in [-0.3, -0.25) is 9.00 Å². The molecular weight excluding hydrogens is 198 g/mol. The molecule has 0 aromatic rings. The molecule has 0 spiro atoms. The Bertz CT molecular complexity index is 259. The van der Waals surface area contributed by atoms with E-state index in [2.05, 4.69) is 5.32 Å². The number of carbonyl (C=O) groups excluding carboxylic acids is 1. The van der Waals surface area contributed by atoms with E-state index in [9.17, 15) is 9.00 Å². The smallest absolute Gasteiger partial charge is 0.244 e. The molecule has 0 unspecified atom stereocenters. The molecule has 1 aliphatic heterocycles. The summed E-state index contributed by atoms with van der Waals surface area (Å²) in [5, 5.41) is 2.92. The van der Waals surface area contributed by atoms with Crippen LogP contribution >= 0.6 is 0 Å². The molecular formula is C10H17NO2S. The number of rotatable bonds is 2. The van der Waals surface area contributed by atoms with Crippen molar-refractivity contribution >= 4 is 16.7 Å². The minimum atomic E-state index is -0.653. The van der Waals surface area contributed by atoms with Crippen molar-refractivity contribution in [3.63, 3.8) is 0 Å². The molecule has 0 aromatic heterocycles. The number of hydrogen-bond acceptors (Lipinski definition) is 2. The van der Waals surface area contributed by atoms with Gasteiger partial charge < -0.3 is 5.32 Å². The average molecular weight is 215 g/mol. The SMILES string of the molecule is CC(C)=CC(=O)NC1CCS(=O)CC1. The van der Waals surface area contributed by atoms with Crippen LogP contribution in [0.15, 0.2) is 11.6 Å². The van der Waals surface area contributed by atoms with Gasteiger partial charge in [-0.15, -0.1) is 0 Å². The molecule has 4 heteroatoms. The average Bonchev–Trinajstić information content (AvgIpc) is 2.07. The van der Waals surface area contributed by atoms with Gasteiger partial charge in [-0.2, -0.15) is 0 Å². The van der Waals surface area contributed by atoms with Crippen LogP contribution in [-0.2, 0) is 15.6 Å². The highest BCUT2D eigenvalue weighted by Gasteiger charge is 2.18. The van der Waals surface area contributed by atoms with Gasteiger partial charge in [0, 0.05) is 34.4 Å². The van der Waals surface area contributed by atoms with Crippen molar-refractivity contribution in [2.45, 2.75) is 32.7 Å². The summed E-state index contributed by atoms with van der Waals surface area (Å²) in [5.41, 5.74) is 1.00. The minimum Gasteiger partial charge on any atom is -0.350 e. The third kappa shape index (κ3) is 4.05. The maximum Gasteiger partial charge on any atom is 0.244 e. The van der Waals surface area contributed by atoms with Gasteiger partial charge in [0.25, 0.3) is 0 Å². The number of nitrogens with one attached hydrogen (secondary N) is 1. The van der Waals surface area contributed by atoms with Crippen LogP contribution in [0.4, 0.5) is 0 Å². The first-order valence-corrected chi connectivity index (χ1v) is 6.37. The summed E-state index contributed by atoms with van der Waals surface area (Å²) >= 11 is 0. The normalized spacial score (nSPS) is 26.7. The molecule has 1 amide bonds. The summed E-state index contributed by atoms with van der Waals surface area (Å²) in [4.78, 5) is 11.3. The van der Waals surface area contributed by atoms with Crippen molar-refractivity contribution in [2.75, 3.05) is 11.5 Å². The van der Waals surface area contributed by atoms with E-state index in [1.54, 1.807) is 6.08 Å². The Morgan fingerprint density at radius 2 is 1.93 bits per heavy atom. The van der Waals surface area contributed by atoms with Crippen LogP contribution in [-0.4, -0.2) is 27.7 Å². The summed E-state index contributed by atoms with van der Waals surface area (Å²) in [7, 11) is -0.653. The molecule has 1 rings (SSSR count). The van der Waals surface area contributed by atoms with Crippen LogP contribution in [0.2, 0.25) is 0 Å². The van der Waals surface area contributed by atoms with Crippen LogP contribution in [0, 0.1) is 0 Å². The van der Waals surface area contributed by atoms with Crippen LogP contribution in [0.1, 0.15) is 26.7 Å². The van der Waals surface area contributed by atoms with E-state index in [1.165, 1.54) is 0 Å². The van der Waals surface area contributed by atoms with Crippen LogP contribution < -0.4 is 5.32 Å². The monoisotopic (exact) mass is 215 g/mol. The van der Waals surface area contributed by atoms with E-state index < -0.39 is 10.8 Å². The number of hydrogen-bond donors (Lipinski definition) is 1. The first-order chi connectivity index (χ1) is 6.58. The van der Waals surface area contributed by atoms with Gasteiger partial charge in [0.2, 0.25) is 5.91 Å². The lowest BCUT2D eigenvalue weighted by molar-refractivity contribution is -0.117. The van der Waals surface area contributed by atoms with E-state index in [4.69, 9.17) is 0 Å². The molecule has 1 fully saturated rings. The van der Waals surface area contributed by atoms with Gasteiger partial charge in [0.05, 0.1) is 0 Å². The fraction of sp³-hybridized carbons (Fsp3) is 0.700. The Labute approximate surface area is 87.4 Å². The van der Waals surface area contributed by atoms with Gasteiger partial charge >= 0.3 is 0 Å². The zero-order chi connectivity index (χ0) is 10.6. The predicted molar refractivity (Wildman–Crippen MR) is 58.5 cm³/mol. The highest BCUT2D eigenvalue weighted by molar-refractivity contribution is 7.85. The lowest BCUT2D eigenvalue weighted by Crippen LogP contribution is -2.38. The van der Waals surface area contributed by atoms with Crippen molar-refractivity contribution in [3.8, 4) is 0 Å². The molecule has 0 atom stereocenters. The Balaban J connectivity index is 2.34. The quantitative estimate of drug-likeness (QED) is 0.698.